The fourth-order valence-corrected chi connectivity index (χ4v) is 3.88. The Bertz CT molecular complexity index is 706. The molecule has 1 fully saturated rings. The van der Waals surface area contributed by atoms with Crippen molar-refractivity contribution in [1.82, 2.24) is 9.88 Å². The van der Waals surface area contributed by atoms with Crippen molar-refractivity contribution in [2.24, 2.45) is 5.92 Å². The lowest BCUT2D eigenvalue weighted by Gasteiger charge is -2.36. The van der Waals surface area contributed by atoms with Crippen LogP contribution in [0.1, 0.15) is 29.3 Å². The predicted molar refractivity (Wildman–Crippen MR) is 96.9 cm³/mol. The van der Waals surface area contributed by atoms with Crippen molar-refractivity contribution in [3.63, 3.8) is 0 Å². The van der Waals surface area contributed by atoms with Crippen LogP contribution in [-0.2, 0) is 6.42 Å². The van der Waals surface area contributed by atoms with Crippen LogP contribution in [0, 0.1) is 5.92 Å². The summed E-state index contributed by atoms with van der Waals surface area (Å²) in [4.78, 5) is 21.1. The van der Waals surface area contributed by atoms with Crippen LogP contribution < -0.4 is 4.90 Å². The van der Waals surface area contributed by atoms with Crippen molar-refractivity contribution in [3.8, 4) is 5.75 Å². The zero-order valence-electron chi connectivity index (χ0n) is 14.1. The Hall–Kier alpha value is -2.08. The number of aromatic nitrogens is 1. The van der Waals surface area contributed by atoms with Gasteiger partial charge in [-0.2, -0.15) is 0 Å². The zero-order chi connectivity index (χ0) is 17.1. The monoisotopic (exact) mass is 345 g/mol. The number of anilines is 1. The van der Waals surface area contributed by atoms with Gasteiger partial charge in [-0.3, -0.25) is 4.79 Å². The molecule has 0 aliphatic carbocycles. The van der Waals surface area contributed by atoms with Gasteiger partial charge in [0, 0.05) is 38.0 Å². The van der Waals surface area contributed by atoms with E-state index in [0.29, 0.717) is 37.8 Å². The molecule has 0 bridgehead atoms. The van der Waals surface area contributed by atoms with Crippen LogP contribution in [0.4, 0.5) is 5.69 Å². The number of thiazole rings is 1. The molecule has 1 aromatic heterocycles. The molecule has 1 aromatic carbocycles. The fourth-order valence-electron chi connectivity index (χ4n) is 2.90. The van der Waals surface area contributed by atoms with Gasteiger partial charge in [-0.1, -0.05) is 26.0 Å². The SMILES string of the molecule is CC(C)Cc1nc(C(=O)N2CCN(c3ccccc3O)CC2)cs1. The quantitative estimate of drug-likeness (QED) is 0.925. The molecule has 1 saturated heterocycles. The largest absolute Gasteiger partial charge is 0.506 e. The van der Waals surface area contributed by atoms with Gasteiger partial charge in [0.2, 0.25) is 0 Å². The molecule has 2 heterocycles. The van der Waals surface area contributed by atoms with Gasteiger partial charge in [-0.05, 0) is 18.1 Å². The maximum Gasteiger partial charge on any atom is 0.273 e. The molecule has 0 spiro atoms. The van der Waals surface area contributed by atoms with Gasteiger partial charge in [0.1, 0.15) is 11.4 Å². The lowest BCUT2D eigenvalue weighted by Crippen LogP contribution is -2.48. The van der Waals surface area contributed by atoms with Crippen molar-refractivity contribution < 1.29 is 9.90 Å². The molecule has 0 unspecified atom stereocenters. The zero-order valence-corrected chi connectivity index (χ0v) is 14.9. The summed E-state index contributed by atoms with van der Waals surface area (Å²) in [5.74, 6) is 0.842. The maximum absolute atomic E-state index is 12.6. The number of phenolic OH excluding ortho intramolecular Hbond substituents is 1. The third-order valence-corrected chi connectivity index (χ3v) is 5.01. The summed E-state index contributed by atoms with van der Waals surface area (Å²) < 4.78 is 0. The van der Waals surface area contributed by atoms with Crippen LogP contribution in [0.3, 0.4) is 0 Å². The predicted octanol–water partition coefficient (Wildman–Crippen LogP) is 3.01. The van der Waals surface area contributed by atoms with Crippen molar-refractivity contribution in [2.75, 3.05) is 31.1 Å². The number of benzene rings is 1. The number of nitrogens with zero attached hydrogens (tertiary/aromatic N) is 3. The molecule has 1 aliphatic heterocycles. The topological polar surface area (TPSA) is 56.7 Å². The van der Waals surface area contributed by atoms with Crippen LogP contribution in [0.25, 0.3) is 0 Å². The normalized spacial score (nSPS) is 15.1. The Morgan fingerprint density at radius 1 is 1.25 bits per heavy atom. The first-order chi connectivity index (χ1) is 11.5. The van der Waals surface area contributed by atoms with Crippen molar-refractivity contribution >= 4 is 22.9 Å². The number of hydrogen-bond donors (Lipinski definition) is 1. The van der Waals surface area contributed by atoms with E-state index in [1.165, 1.54) is 0 Å². The van der Waals surface area contributed by atoms with E-state index in [1.807, 2.05) is 28.5 Å². The number of aromatic hydroxyl groups is 1. The van der Waals surface area contributed by atoms with Crippen molar-refractivity contribution in [2.45, 2.75) is 20.3 Å². The van der Waals surface area contributed by atoms with Crippen molar-refractivity contribution in [1.29, 1.82) is 0 Å². The van der Waals surface area contributed by atoms with Crippen LogP contribution >= 0.6 is 11.3 Å². The second kappa shape index (κ2) is 7.21. The molecule has 3 rings (SSSR count). The van der Waals surface area contributed by atoms with Crippen LogP contribution in [0.15, 0.2) is 29.6 Å². The molecule has 0 atom stereocenters. The minimum atomic E-state index is 0.0122. The van der Waals surface area contributed by atoms with E-state index in [9.17, 15) is 9.90 Å². The lowest BCUT2D eigenvalue weighted by molar-refractivity contribution is 0.0741. The summed E-state index contributed by atoms with van der Waals surface area (Å²) in [5, 5.41) is 12.9. The highest BCUT2D eigenvalue weighted by Crippen LogP contribution is 2.27. The number of amides is 1. The minimum Gasteiger partial charge on any atom is -0.506 e. The second-order valence-corrected chi connectivity index (χ2v) is 7.44. The highest BCUT2D eigenvalue weighted by molar-refractivity contribution is 7.09. The molecule has 6 heteroatoms. The average Bonchev–Trinajstić information content (AvgIpc) is 3.02. The first kappa shape index (κ1) is 16.8. The van der Waals surface area contributed by atoms with Gasteiger partial charge in [-0.25, -0.2) is 4.98 Å². The summed E-state index contributed by atoms with van der Waals surface area (Å²) >= 11 is 1.57. The van der Waals surface area contributed by atoms with Gasteiger partial charge < -0.3 is 14.9 Å². The summed E-state index contributed by atoms with van der Waals surface area (Å²) in [6.45, 7) is 7.02. The number of piperazine rings is 1. The second-order valence-electron chi connectivity index (χ2n) is 6.49. The fraction of sp³-hybridized carbons (Fsp3) is 0.444. The highest BCUT2D eigenvalue weighted by atomic mass is 32.1. The van der Waals surface area contributed by atoms with E-state index in [4.69, 9.17) is 0 Å². The smallest absolute Gasteiger partial charge is 0.273 e. The average molecular weight is 345 g/mol. The first-order valence-electron chi connectivity index (χ1n) is 8.31. The molecular formula is C18H23N3O2S. The molecule has 1 aliphatic rings. The molecule has 1 N–H and O–H groups in total. The van der Waals surface area contributed by atoms with Gasteiger partial charge in [0.15, 0.2) is 0 Å². The number of hydrogen-bond acceptors (Lipinski definition) is 5. The Labute approximate surface area is 146 Å². The van der Waals surface area contributed by atoms with E-state index in [1.54, 1.807) is 17.4 Å². The minimum absolute atomic E-state index is 0.0122. The third kappa shape index (κ3) is 3.70. The Balaban J connectivity index is 1.61. The number of rotatable bonds is 4. The summed E-state index contributed by atoms with van der Waals surface area (Å²) in [6.07, 6.45) is 0.916. The molecule has 128 valence electrons. The molecule has 5 nitrogen and oxygen atoms in total. The van der Waals surface area contributed by atoms with Gasteiger partial charge >= 0.3 is 0 Å². The molecule has 2 aromatic rings. The third-order valence-electron chi connectivity index (χ3n) is 4.14. The molecule has 1 amide bonds. The maximum atomic E-state index is 12.6. The number of phenols is 1. The van der Waals surface area contributed by atoms with Crippen LogP contribution in [0.5, 0.6) is 5.75 Å². The van der Waals surface area contributed by atoms with E-state index < -0.39 is 0 Å². The van der Waals surface area contributed by atoms with E-state index in [0.717, 1.165) is 17.1 Å². The summed E-state index contributed by atoms with van der Waals surface area (Å²) in [6, 6.07) is 7.33. The Kier molecular flexibility index (Phi) is 5.04. The first-order valence-corrected chi connectivity index (χ1v) is 9.19. The number of carbonyl (C=O) groups is 1. The Morgan fingerprint density at radius 2 is 1.96 bits per heavy atom. The number of carbonyl (C=O) groups excluding carboxylic acids is 1. The number of para-hydroxylation sites is 2. The highest BCUT2D eigenvalue weighted by Gasteiger charge is 2.24. The Morgan fingerprint density at radius 3 is 2.62 bits per heavy atom. The van der Waals surface area contributed by atoms with E-state index in [-0.39, 0.29) is 11.7 Å². The summed E-state index contributed by atoms with van der Waals surface area (Å²) in [7, 11) is 0. The van der Waals surface area contributed by atoms with Gasteiger partial charge in [-0.15, -0.1) is 11.3 Å². The van der Waals surface area contributed by atoms with Gasteiger partial charge in [0.25, 0.3) is 5.91 Å². The standard InChI is InChI=1S/C18H23N3O2S/c1-13(2)11-17-19-14(12-24-17)18(23)21-9-7-20(8-10-21)15-5-3-4-6-16(15)22/h3-6,12-13,22H,7-11H2,1-2H3. The molecular weight excluding hydrogens is 322 g/mol. The van der Waals surface area contributed by atoms with Gasteiger partial charge in [0.05, 0.1) is 10.7 Å². The van der Waals surface area contributed by atoms with Crippen molar-refractivity contribution in [3.05, 3.63) is 40.3 Å². The molecule has 0 saturated carbocycles. The molecule has 24 heavy (non-hydrogen) atoms. The summed E-state index contributed by atoms with van der Waals surface area (Å²) in [5.41, 5.74) is 1.39. The van der Waals surface area contributed by atoms with Crippen LogP contribution in [-0.4, -0.2) is 47.1 Å². The van der Waals surface area contributed by atoms with Crippen LogP contribution in [0.2, 0.25) is 0 Å². The van der Waals surface area contributed by atoms with E-state index in [2.05, 4.69) is 23.7 Å². The molecule has 0 radical (unpaired) electrons. The lowest BCUT2D eigenvalue weighted by atomic mass is 10.1. The van der Waals surface area contributed by atoms with E-state index >= 15 is 0 Å².